The monoisotopic (exact) mass is 1300 g/mol. The van der Waals surface area contributed by atoms with Crippen molar-refractivity contribution in [2.75, 3.05) is 28.7 Å². The molecule has 4 aromatic carbocycles. The van der Waals surface area contributed by atoms with Crippen molar-refractivity contribution in [1.29, 1.82) is 0 Å². The van der Waals surface area contributed by atoms with Crippen LogP contribution >= 0.6 is 33.2 Å². The molecule has 10 atom stereocenters. The Bertz CT molecular complexity index is 3230. The molecule has 6 rings (SSSR count). The zero-order valence-corrected chi connectivity index (χ0v) is 51.0. The molecule has 29 nitrogen and oxygen atoms in total. The van der Waals surface area contributed by atoms with Crippen LogP contribution in [0.25, 0.3) is 0 Å². The highest BCUT2D eigenvalue weighted by atomic mass is 35.5. The number of imide groups is 1. The minimum absolute atomic E-state index is 0.0174. The van der Waals surface area contributed by atoms with E-state index in [-0.39, 0.29) is 80.1 Å². The van der Waals surface area contributed by atoms with Crippen LogP contribution in [0.2, 0.25) is 5.02 Å². The number of benzene rings is 4. The maximum atomic E-state index is 15.1. The Morgan fingerprint density at radius 2 is 1.16 bits per heavy atom. The molecular weight excluding hydrogens is 1230 g/mol. The van der Waals surface area contributed by atoms with Crippen molar-refractivity contribution in [3.8, 4) is 5.75 Å². The summed E-state index contributed by atoms with van der Waals surface area (Å²) < 4.78 is 0. The smallest absolute Gasteiger partial charge is 0.322 e. The van der Waals surface area contributed by atoms with Gasteiger partial charge in [-0.3, -0.25) is 53.3 Å². The van der Waals surface area contributed by atoms with Gasteiger partial charge in [0.25, 0.3) is 0 Å². The number of unbranched alkanes of at least 4 members (excludes halogenated alkanes) is 1. The second kappa shape index (κ2) is 34.1. The van der Waals surface area contributed by atoms with E-state index in [2.05, 4.69) is 53.2 Å². The number of nitrogens with one attached hydrogen (secondary N) is 11. The van der Waals surface area contributed by atoms with E-state index in [0.717, 1.165) is 21.6 Å². The number of aliphatic hydroxyl groups is 1. The Kier molecular flexibility index (Phi) is 26.5. The first-order chi connectivity index (χ1) is 42.8. The molecule has 2 aliphatic heterocycles. The number of hydrogen-bond acceptors (Lipinski definition) is 18. The molecule has 0 aromatic heterocycles. The van der Waals surface area contributed by atoms with Crippen LogP contribution in [0.4, 0.5) is 21.0 Å². The summed E-state index contributed by atoms with van der Waals surface area (Å²) in [6.07, 6.45) is -2.28. The molecule has 2 saturated heterocycles. The average molecular weight is 1300 g/mol. The molecule has 2 fully saturated rings. The molecule has 0 bridgehead atoms. The van der Waals surface area contributed by atoms with Gasteiger partial charge in [-0.15, -0.1) is 0 Å². The normalized spacial score (nSPS) is 21.5. The second-order valence-corrected chi connectivity index (χ2v) is 24.2. The molecule has 2 heterocycles. The van der Waals surface area contributed by atoms with Crippen LogP contribution < -0.4 is 81.4 Å². The highest BCUT2D eigenvalue weighted by molar-refractivity contribution is 8.76. The van der Waals surface area contributed by atoms with Gasteiger partial charge in [0.1, 0.15) is 54.1 Å². The number of carbonyl (C=O) groups is 12. The number of phenolic OH excluding ortho intramolecular Hbond substituents is 1. The number of primary amides is 2. The number of phenols is 1. The number of urea groups is 2. The van der Waals surface area contributed by atoms with E-state index in [1.165, 1.54) is 79.7 Å². The maximum absolute atomic E-state index is 15.1. The van der Waals surface area contributed by atoms with Crippen molar-refractivity contribution < 1.29 is 67.7 Å². The van der Waals surface area contributed by atoms with Crippen molar-refractivity contribution >= 4 is 116 Å². The topological polar surface area (TPSA) is 482 Å². The molecule has 0 radical (unpaired) electrons. The zero-order valence-electron chi connectivity index (χ0n) is 48.6. The summed E-state index contributed by atoms with van der Waals surface area (Å²) in [5.74, 6) is -9.80. The Hall–Kier alpha value is -9.01. The number of aromatic hydroxyl groups is 1. The molecule has 21 N–H and O–H groups in total. The van der Waals surface area contributed by atoms with Gasteiger partial charge in [-0.05, 0) is 110 Å². The molecule has 482 valence electrons. The lowest BCUT2D eigenvalue weighted by molar-refractivity contribution is -0.136. The number of rotatable bonds is 21. The van der Waals surface area contributed by atoms with Crippen LogP contribution in [-0.4, -0.2) is 160 Å². The number of halogens is 1. The van der Waals surface area contributed by atoms with Crippen LogP contribution in [0.15, 0.2) is 97.1 Å². The van der Waals surface area contributed by atoms with Gasteiger partial charge in [-0.2, -0.15) is 0 Å². The molecule has 3 unspecified atom stereocenters. The molecule has 4 aromatic rings. The van der Waals surface area contributed by atoms with Crippen molar-refractivity contribution in [1.82, 2.24) is 47.9 Å². The third kappa shape index (κ3) is 22.2. The number of aliphatic hydroxyl groups excluding tert-OH is 1. The molecule has 2 aliphatic rings. The molecule has 90 heavy (non-hydrogen) atoms. The van der Waals surface area contributed by atoms with E-state index in [4.69, 9.17) is 34.5 Å². The van der Waals surface area contributed by atoms with E-state index >= 15 is 4.79 Å². The average Bonchev–Trinajstić information content (AvgIpc) is 1.54. The molecule has 0 saturated carbocycles. The Morgan fingerprint density at radius 1 is 0.622 bits per heavy atom. The van der Waals surface area contributed by atoms with Gasteiger partial charge in [-0.1, -0.05) is 81.7 Å². The van der Waals surface area contributed by atoms with Gasteiger partial charge < -0.3 is 86.3 Å². The van der Waals surface area contributed by atoms with E-state index < -0.39 is 132 Å². The minimum atomic E-state index is -1.80. The van der Waals surface area contributed by atoms with Crippen molar-refractivity contribution in [2.24, 2.45) is 22.9 Å². The summed E-state index contributed by atoms with van der Waals surface area (Å²) in [6, 6.07) is 8.98. The predicted octanol–water partition coefficient (Wildman–Crippen LogP) is -1.55. The van der Waals surface area contributed by atoms with Crippen LogP contribution in [-0.2, 0) is 73.6 Å². The Morgan fingerprint density at radius 3 is 1.72 bits per heavy atom. The summed E-state index contributed by atoms with van der Waals surface area (Å²) in [7, 11) is 1.83. The van der Waals surface area contributed by atoms with Crippen molar-refractivity contribution in [2.45, 2.75) is 119 Å². The zero-order chi connectivity index (χ0) is 65.6. The SMILES string of the molecule is C[C@@H](O)C1NC(=O)C(CCCCN)NC(=O)[C@@H](Cc2ccc(NC(N)=O)cc2)NC(=O)[C@H](Cc2ccc(NC(=O)[C@@H]3CC(=O)NC(=O)N3)cc2)NC(=O)C(NC(=O)[C@@H](N)Cc2ccc(Cl)cc2)CSSC[C@@H](C(=O)N[C@H](Cc2ccc(O)cc2)C(N)=O)NC1=O. The summed E-state index contributed by atoms with van der Waals surface area (Å²) in [5.41, 5.74) is 25.7. The first-order valence-electron chi connectivity index (χ1n) is 28.3. The molecular formula is C58H72ClN15O14S2. The Balaban J connectivity index is 1.41. The third-order valence-electron chi connectivity index (χ3n) is 14.1. The van der Waals surface area contributed by atoms with Gasteiger partial charge in [0.2, 0.25) is 59.1 Å². The fraction of sp³-hybridized carbons (Fsp3) is 0.379. The first-order valence-corrected chi connectivity index (χ1v) is 31.2. The lowest BCUT2D eigenvalue weighted by Gasteiger charge is -2.29. The number of nitrogens with two attached hydrogens (primary N) is 4. The molecule has 14 amide bonds. The lowest BCUT2D eigenvalue weighted by Crippen LogP contribution is -2.62. The molecule has 0 spiro atoms. The fourth-order valence-electron chi connectivity index (χ4n) is 9.18. The standard InChI is InChI=1S/C58H72ClN15O14S2/c1-29(75)47-56(86)71-45(54(84)67-40(48(62)78)23-33-11-19-37(76)20-12-33)28-90-89-27-44(70-49(79)38(61)22-30-5-13-34(59)14-6-30)55(85)69-42(25-31-7-15-35(16-8-31)64-51(81)43-26-46(77)73-58(88)72-43)53(83)68-41(24-32-9-17-36(18-10-32)65-57(63)87)52(82)66-39(50(80)74-47)4-2-3-21-60/h5-20,29,38-45,47,75-76H,2-4,21-28,60-61H2,1H3,(H2,62,78)(H,64,81)(H,66,82)(H,67,84)(H,68,83)(H,69,85)(H,70,79)(H,71,86)(H,74,80)(H3,63,65,87)(H2,72,73,77,88)/t29-,38+,39?,40-,41-,42+,43+,44?,45+,47?/m1/s1. The number of carbonyl (C=O) groups excluding carboxylic acids is 12. The van der Waals surface area contributed by atoms with Crippen LogP contribution in [0.3, 0.4) is 0 Å². The van der Waals surface area contributed by atoms with E-state index in [1.54, 1.807) is 24.3 Å². The quantitative estimate of drug-likeness (QED) is 0.0332. The predicted molar refractivity (Wildman–Crippen MR) is 334 cm³/mol. The summed E-state index contributed by atoms with van der Waals surface area (Å²) in [6.45, 7) is 1.37. The molecule has 0 aliphatic carbocycles. The van der Waals surface area contributed by atoms with Gasteiger partial charge in [0.05, 0.1) is 18.6 Å². The highest BCUT2D eigenvalue weighted by Crippen LogP contribution is 2.25. The largest absolute Gasteiger partial charge is 0.508 e. The minimum Gasteiger partial charge on any atom is -0.508 e. The fourth-order valence-corrected chi connectivity index (χ4v) is 11.6. The first kappa shape index (κ1) is 70.1. The lowest BCUT2D eigenvalue weighted by atomic mass is 10.0. The van der Waals surface area contributed by atoms with Crippen LogP contribution in [0.1, 0.15) is 54.9 Å². The van der Waals surface area contributed by atoms with Crippen molar-refractivity contribution in [3.63, 3.8) is 0 Å². The van der Waals surface area contributed by atoms with Gasteiger partial charge >= 0.3 is 12.1 Å². The van der Waals surface area contributed by atoms with E-state index in [9.17, 15) is 63.0 Å². The highest BCUT2D eigenvalue weighted by Gasteiger charge is 2.37. The maximum Gasteiger partial charge on any atom is 0.322 e. The number of amides is 14. The summed E-state index contributed by atoms with van der Waals surface area (Å²) in [5, 5.41) is 49.1. The van der Waals surface area contributed by atoms with Gasteiger partial charge in [-0.25, -0.2) is 9.59 Å². The van der Waals surface area contributed by atoms with Crippen molar-refractivity contribution in [3.05, 3.63) is 124 Å². The van der Waals surface area contributed by atoms with Crippen LogP contribution in [0, 0.1) is 0 Å². The number of hydrogen-bond donors (Lipinski definition) is 17. The number of anilines is 2. The van der Waals surface area contributed by atoms with E-state index in [0.29, 0.717) is 33.7 Å². The van der Waals surface area contributed by atoms with E-state index in [1.807, 2.05) is 5.32 Å². The molecule has 32 heteroatoms. The van der Waals surface area contributed by atoms with Gasteiger partial charge in [0.15, 0.2) is 0 Å². The Labute approximate surface area is 529 Å². The second-order valence-electron chi connectivity index (χ2n) is 21.2. The summed E-state index contributed by atoms with van der Waals surface area (Å²) in [4.78, 5) is 163. The van der Waals surface area contributed by atoms with Gasteiger partial charge in [0, 0.05) is 47.2 Å². The third-order valence-corrected chi connectivity index (χ3v) is 16.7. The summed E-state index contributed by atoms with van der Waals surface area (Å²) >= 11 is 6.10. The van der Waals surface area contributed by atoms with Crippen LogP contribution in [0.5, 0.6) is 5.75 Å².